The van der Waals surface area contributed by atoms with Gasteiger partial charge in [-0.3, -0.25) is 0 Å². The number of fused-ring (bicyclic) bond motifs is 1. The highest BCUT2D eigenvalue weighted by Crippen LogP contribution is 2.32. The predicted molar refractivity (Wildman–Crippen MR) is 87.7 cm³/mol. The second kappa shape index (κ2) is 5.34. The lowest BCUT2D eigenvalue weighted by molar-refractivity contribution is 0.405. The van der Waals surface area contributed by atoms with Crippen molar-refractivity contribution in [2.24, 2.45) is 0 Å². The number of hydrogen-bond donors (Lipinski definition) is 1. The standard InChI is InChI=1S/C16H23N3S/c1-16(2,3)18-11-12-5-4-9-19(12)15-13-7-10-20-14(13)6-8-17-15/h6-8,10,12,18H,4-5,9,11H2,1-3H3. The molecule has 1 fully saturated rings. The van der Waals surface area contributed by atoms with E-state index < -0.39 is 0 Å². The highest BCUT2D eigenvalue weighted by atomic mass is 32.1. The normalized spacial score (nSPS) is 19.9. The van der Waals surface area contributed by atoms with Gasteiger partial charge < -0.3 is 10.2 Å². The molecule has 0 aromatic carbocycles. The van der Waals surface area contributed by atoms with Gasteiger partial charge in [0.15, 0.2) is 0 Å². The monoisotopic (exact) mass is 289 g/mol. The van der Waals surface area contributed by atoms with Crippen molar-refractivity contribution < 1.29 is 0 Å². The molecule has 0 amide bonds. The molecule has 1 aliphatic rings. The molecule has 0 saturated carbocycles. The molecule has 3 nitrogen and oxygen atoms in total. The number of hydrogen-bond acceptors (Lipinski definition) is 4. The topological polar surface area (TPSA) is 28.2 Å². The highest BCUT2D eigenvalue weighted by Gasteiger charge is 2.27. The molecule has 4 heteroatoms. The van der Waals surface area contributed by atoms with E-state index in [0.29, 0.717) is 6.04 Å². The fourth-order valence-electron chi connectivity index (χ4n) is 2.86. The zero-order valence-corrected chi connectivity index (χ0v) is 13.3. The first-order valence-corrected chi connectivity index (χ1v) is 8.26. The molecule has 1 saturated heterocycles. The number of nitrogens with one attached hydrogen (secondary N) is 1. The minimum Gasteiger partial charge on any atom is -0.352 e. The molecular weight excluding hydrogens is 266 g/mol. The smallest absolute Gasteiger partial charge is 0.137 e. The lowest BCUT2D eigenvalue weighted by Crippen LogP contribution is -2.45. The largest absolute Gasteiger partial charge is 0.352 e. The Bertz CT molecular complexity index is 585. The Hall–Kier alpha value is -1.13. The highest BCUT2D eigenvalue weighted by molar-refractivity contribution is 7.17. The molecule has 0 aliphatic carbocycles. The molecule has 2 aromatic rings. The third-order valence-corrected chi connectivity index (χ3v) is 4.76. The van der Waals surface area contributed by atoms with Gasteiger partial charge in [0.05, 0.1) is 0 Å². The van der Waals surface area contributed by atoms with Crippen LogP contribution in [0.25, 0.3) is 10.1 Å². The number of nitrogens with zero attached hydrogens (tertiary/aromatic N) is 2. The molecule has 0 bridgehead atoms. The van der Waals surface area contributed by atoms with Gasteiger partial charge in [-0.25, -0.2) is 4.98 Å². The van der Waals surface area contributed by atoms with Gasteiger partial charge in [-0.05, 0) is 51.1 Å². The van der Waals surface area contributed by atoms with E-state index in [9.17, 15) is 0 Å². The first-order valence-electron chi connectivity index (χ1n) is 7.38. The Kier molecular flexibility index (Phi) is 3.69. The van der Waals surface area contributed by atoms with Crippen molar-refractivity contribution in [3.05, 3.63) is 23.7 Å². The van der Waals surface area contributed by atoms with Gasteiger partial charge in [0.2, 0.25) is 0 Å². The maximum Gasteiger partial charge on any atom is 0.137 e. The summed E-state index contributed by atoms with van der Waals surface area (Å²) in [6.07, 6.45) is 4.46. The summed E-state index contributed by atoms with van der Waals surface area (Å²) >= 11 is 1.80. The number of aromatic nitrogens is 1. The van der Waals surface area contributed by atoms with Gasteiger partial charge in [-0.2, -0.15) is 0 Å². The van der Waals surface area contributed by atoms with Crippen LogP contribution in [0.15, 0.2) is 23.7 Å². The molecule has 1 atom stereocenters. The minimum absolute atomic E-state index is 0.177. The molecule has 0 spiro atoms. The Labute approximate surface area is 125 Å². The summed E-state index contributed by atoms with van der Waals surface area (Å²) in [7, 11) is 0. The minimum atomic E-state index is 0.177. The van der Waals surface area contributed by atoms with Gasteiger partial charge in [-0.1, -0.05) is 0 Å². The zero-order valence-electron chi connectivity index (χ0n) is 12.5. The fraction of sp³-hybridized carbons (Fsp3) is 0.562. The summed E-state index contributed by atoms with van der Waals surface area (Å²) in [5.74, 6) is 1.17. The first-order chi connectivity index (χ1) is 9.54. The molecule has 1 unspecified atom stereocenters. The van der Waals surface area contributed by atoms with Crippen molar-refractivity contribution in [1.29, 1.82) is 0 Å². The third-order valence-electron chi connectivity index (χ3n) is 3.88. The summed E-state index contributed by atoms with van der Waals surface area (Å²) in [4.78, 5) is 7.15. The van der Waals surface area contributed by atoms with Crippen LogP contribution in [0.2, 0.25) is 0 Å². The number of thiophene rings is 1. The van der Waals surface area contributed by atoms with Crippen molar-refractivity contribution in [3.8, 4) is 0 Å². The second-order valence-electron chi connectivity index (χ2n) is 6.59. The van der Waals surface area contributed by atoms with Crippen LogP contribution in [0, 0.1) is 0 Å². The first kappa shape index (κ1) is 13.8. The average Bonchev–Trinajstić information content (AvgIpc) is 3.03. The Morgan fingerprint density at radius 2 is 2.25 bits per heavy atom. The number of rotatable bonds is 3. The molecule has 0 radical (unpaired) electrons. The molecular formula is C16H23N3S. The quantitative estimate of drug-likeness (QED) is 0.935. The van der Waals surface area contributed by atoms with E-state index in [1.807, 2.05) is 6.20 Å². The predicted octanol–water partition coefficient (Wildman–Crippen LogP) is 3.65. The fourth-order valence-corrected chi connectivity index (χ4v) is 3.64. The van der Waals surface area contributed by atoms with Crippen LogP contribution in [0.4, 0.5) is 5.82 Å². The Morgan fingerprint density at radius 1 is 1.40 bits per heavy atom. The Balaban J connectivity index is 1.83. The summed E-state index contributed by atoms with van der Waals surface area (Å²) in [6.45, 7) is 8.84. The maximum atomic E-state index is 4.66. The zero-order chi connectivity index (χ0) is 14.2. The molecule has 108 valence electrons. The molecule has 2 aromatic heterocycles. The van der Waals surface area contributed by atoms with E-state index in [2.05, 4.69) is 53.5 Å². The van der Waals surface area contributed by atoms with Crippen LogP contribution in [-0.2, 0) is 0 Å². The van der Waals surface area contributed by atoms with E-state index in [4.69, 9.17) is 0 Å². The van der Waals surface area contributed by atoms with Gasteiger partial charge in [-0.15, -0.1) is 11.3 Å². The van der Waals surface area contributed by atoms with Crippen LogP contribution in [-0.4, -0.2) is 29.7 Å². The number of anilines is 1. The molecule has 1 N–H and O–H groups in total. The lowest BCUT2D eigenvalue weighted by Gasteiger charge is -2.30. The van der Waals surface area contributed by atoms with Crippen LogP contribution < -0.4 is 10.2 Å². The average molecular weight is 289 g/mol. The van der Waals surface area contributed by atoms with Gasteiger partial charge in [0.25, 0.3) is 0 Å². The van der Waals surface area contributed by atoms with E-state index in [-0.39, 0.29) is 5.54 Å². The van der Waals surface area contributed by atoms with Crippen LogP contribution in [0.5, 0.6) is 0 Å². The van der Waals surface area contributed by atoms with Crippen LogP contribution >= 0.6 is 11.3 Å². The number of pyridine rings is 1. The van der Waals surface area contributed by atoms with E-state index >= 15 is 0 Å². The third kappa shape index (κ3) is 2.81. The molecule has 3 rings (SSSR count). The van der Waals surface area contributed by atoms with E-state index in [1.165, 1.54) is 28.7 Å². The summed E-state index contributed by atoms with van der Waals surface area (Å²) in [6, 6.07) is 4.88. The second-order valence-corrected chi connectivity index (χ2v) is 7.54. The Morgan fingerprint density at radius 3 is 3.05 bits per heavy atom. The van der Waals surface area contributed by atoms with Crippen molar-refractivity contribution in [2.75, 3.05) is 18.0 Å². The van der Waals surface area contributed by atoms with Gasteiger partial charge in [0.1, 0.15) is 5.82 Å². The molecule has 1 aliphatic heterocycles. The van der Waals surface area contributed by atoms with Crippen LogP contribution in [0.1, 0.15) is 33.6 Å². The molecule has 3 heterocycles. The SMILES string of the molecule is CC(C)(C)NCC1CCCN1c1nccc2sccc12. The van der Waals surface area contributed by atoms with E-state index in [1.54, 1.807) is 11.3 Å². The van der Waals surface area contributed by atoms with Crippen molar-refractivity contribution in [2.45, 2.75) is 45.2 Å². The maximum absolute atomic E-state index is 4.66. The molecule has 20 heavy (non-hydrogen) atoms. The van der Waals surface area contributed by atoms with Gasteiger partial charge >= 0.3 is 0 Å². The lowest BCUT2D eigenvalue weighted by atomic mass is 10.1. The van der Waals surface area contributed by atoms with Crippen LogP contribution in [0.3, 0.4) is 0 Å². The van der Waals surface area contributed by atoms with Crippen molar-refractivity contribution in [1.82, 2.24) is 10.3 Å². The van der Waals surface area contributed by atoms with Crippen molar-refractivity contribution in [3.63, 3.8) is 0 Å². The van der Waals surface area contributed by atoms with Gasteiger partial charge in [0, 0.05) is 41.0 Å². The summed E-state index contributed by atoms with van der Waals surface area (Å²) < 4.78 is 1.34. The summed E-state index contributed by atoms with van der Waals surface area (Å²) in [5, 5.41) is 7.11. The summed E-state index contributed by atoms with van der Waals surface area (Å²) in [5.41, 5.74) is 0.177. The van der Waals surface area contributed by atoms with Crippen molar-refractivity contribution >= 4 is 27.2 Å². The van der Waals surface area contributed by atoms with E-state index in [0.717, 1.165) is 13.1 Å².